The molecule has 2 bridgehead atoms. The summed E-state index contributed by atoms with van der Waals surface area (Å²) >= 11 is 3.49. The lowest BCUT2D eigenvalue weighted by Gasteiger charge is -2.28. The summed E-state index contributed by atoms with van der Waals surface area (Å²) in [7, 11) is 0. The summed E-state index contributed by atoms with van der Waals surface area (Å²) in [5.41, 5.74) is 3.96. The highest BCUT2D eigenvalue weighted by molar-refractivity contribution is 9.10. The fourth-order valence-electron chi connectivity index (χ4n) is 6.02. The van der Waals surface area contributed by atoms with Crippen LogP contribution in [0.1, 0.15) is 35.4 Å². The molecule has 0 radical (unpaired) electrons. The lowest BCUT2D eigenvalue weighted by atomic mass is 9.73. The molecule has 5 atom stereocenters. The van der Waals surface area contributed by atoms with E-state index in [9.17, 15) is 14.4 Å². The first kappa shape index (κ1) is 20.4. The van der Waals surface area contributed by atoms with E-state index in [0.717, 1.165) is 28.4 Å². The van der Waals surface area contributed by atoms with Gasteiger partial charge in [-0.3, -0.25) is 19.3 Å². The number of benzene rings is 2. The summed E-state index contributed by atoms with van der Waals surface area (Å²) in [5, 5.41) is 2.88. The summed E-state index contributed by atoms with van der Waals surface area (Å²) in [5.74, 6) is -0.429. The van der Waals surface area contributed by atoms with Crippen LogP contribution < -0.4 is 5.32 Å². The average Bonchev–Trinajstić information content (AvgIpc) is 3.43. The number of nitrogens with zero attached hydrogens (tertiary/aromatic N) is 1. The Labute approximate surface area is 190 Å². The quantitative estimate of drug-likeness (QED) is 0.658. The maximum Gasteiger partial charge on any atom is 0.244 e. The summed E-state index contributed by atoms with van der Waals surface area (Å²) < 4.78 is 0.976. The van der Waals surface area contributed by atoms with Crippen LogP contribution in [0.5, 0.6) is 0 Å². The van der Waals surface area contributed by atoms with E-state index in [1.165, 1.54) is 10.5 Å². The van der Waals surface area contributed by atoms with E-state index in [4.69, 9.17) is 0 Å². The van der Waals surface area contributed by atoms with E-state index in [1.54, 1.807) is 0 Å². The molecule has 5 unspecified atom stereocenters. The fraction of sp³-hybridized carbons (Fsp3) is 0.400. The number of carbonyl (C=O) groups is 3. The molecule has 3 amide bonds. The second-order valence-corrected chi connectivity index (χ2v) is 9.97. The Hall–Kier alpha value is -2.47. The molecule has 2 aliphatic carbocycles. The number of hydrogen-bond acceptors (Lipinski definition) is 3. The van der Waals surface area contributed by atoms with Gasteiger partial charge in [-0.1, -0.05) is 46.3 Å². The maximum atomic E-state index is 13.2. The average molecular weight is 481 g/mol. The number of nitrogens with one attached hydrogen (secondary N) is 1. The minimum absolute atomic E-state index is 0.159. The van der Waals surface area contributed by atoms with Crippen molar-refractivity contribution < 1.29 is 14.4 Å². The minimum atomic E-state index is -0.335. The van der Waals surface area contributed by atoms with Gasteiger partial charge < -0.3 is 5.32 Å². The van der Waals surface area contributed by atoms with Crippen LogP contribution in [0.4, 0.5) is 5.69 Å². The topological polar surface area (TPSA) is 66.5 Å². The second kappa shape index (κ2) is 7.59. The summed E-state index contributed by atoms with van der Waals surface area (Å²) in [6.45, 7) is 3.70. The zero-order valence-electron chi connectivity index (χ0n) is 17.6. The van der Waals surface area contributed by atoms with E-state index in [2.05, 4.69) is 33.4 Å². The number of anilines is 1. The number of imide groups is 1. The molecule has 0 aromatic heterocycles. The zero-order valence-corrected chi connectivity index (χ0v) is 19.2. The molecule has 2 aromatic rings. The lowest BCUT2D eigenvalue weighted by molar-refractivity contribution is -0.143. The zero-order chi connectivity index (χ0) is 21.9. The van der Waals surface area contributed by atoms with Crippen LogP contribution in [0.3, 0.4) is 0 Å². The maximum absolute atomic E-state index is 13.2. The fourth-order valence-corrected chi connectivity index (χ4v) is 6.45. The predicted octanol–water partition coefficient (Wildman–Crippen LogP) is 4.43. The van der Waals surface area contributed by atoms with Gasteiger partial charge in [0, 0.05) is 10.2 Å². The molecule has 1 aliphatic heterocycles. The largest absolute Gasteiger partial charge is 0.324 e. The Balaban J connectivity index is 1.32. The highest BCUT2D eigenvalue weighted by Gasteiger charge is 2.63. The van der Waals surface area contributed by atoms with Gasteiger partial charge in [-0.05, 0) is 73.3 Å². The van der Waals surface area contributed by atoms with Crippen molar-refractivity contribution in [2.75, 3.05) is 11.9 Å². The molecule has 160 valence electrons. The van der Waals surface area contributed by atoms with Gasteiger partial charge in [0.1, 0.15) is 6.54 Å². The third kappa shape index (κ3) is 3.23. The highest BCUT2D eigenvalue weighted by Crippen LogP contribution is 2.61. The van der Waals surface area contributed by atoms with E-state index < -0.39 is 0 Å². The van der Waals surface area contributed by atoms with Crippen molar-refractivity contribution in [3.05, 3.63) is 63.6 Å². The summed E-state index contributed by atoms with van der Waals surface area (Å²) in [4.78, 5) is 40.3. The molecule has 6 heteroatoms. The standard InChI is InChI=1S/C25H25BrN2O3/c1-13-14(2)20(9-8-19(13)26)27-21(29)12-28-24(30)22-16-10-17(15-6-4-3-5-7-15)18(11-16)23(22)25(28)31/h3-9,16-18,22-23H,10-12H2,1-2H3,(H,27,29). The monoisotopic (exact) mass is 480 g/mol. The molecule has 31 heavy (non-hydrogen) atoms. The van der Waals surface area contributed by atoms with Gasteiger partial charge in [0.25, 0.3) is 0 Å². The van der Waals surface area contributed by atoms with Crippen molar-refractivity contribution in [2.24, 2.45) is 23.7 Å². The second-order valence-electron chi connectivity index (χ2n) is 9.12. The lowest BCUT2D eigenvalue weighted by Crippen LogP contribution is -2.39. The Kier molecular flexibility index (Phi) is 5.00. The predicted molar refractivity (Wildman–Crippen MR) is 121 cm³/mol. The van der Waals surface area contributed by atoms with E-state index in [1.807, 2.05) is 44.2 Å². The number of rotatable bonds is 4. The molecule has 2 saturated carbocycles. The SMILES string of the molecule is Cc1c(Br)ccc(NC(=O)CN2C(=O)C3C4CC(c5ccccc5)C(C4)C3C2=O)c1C. The number of amides is 3. The van der Waals surface area contributed by atoms with Crippen molar-refractivity contribution >= 4 is 39.3 Å². The third-order valence-corrected chi connectivity index (χ3v) is 8.49. The van der Waals surface area contributed by atoms with Crippen molar-refractivity contribution in [3.63, 3.8) is 0 Å². The van der Waals surface area contributed by atoms with Crippen molar-refractivity contribution in [3.8, 4) is 0 Å². The minimum Gasteiger partial charge on any atom is -0.324 e. The molecule has 1 saturated heterocycles. The van der Waals surface area contributed by atoms with Crippen LogP contribution in [0.2, 0.25) is 0 Å². The molecular weight excluding hydrogens is 456 g/mol. The van der Waals surface area contributed by atoms with Crippen LogP contribution in [0, 0.1) is 37.5 Å². The molecule has 3 aliphatic rings. The number of halogens is 1. The van der Waals surface area contributed by atoms with Crippen LogP contribution in [0.15, 0.2) is 46.9 Å². The van der Waals surface area contributed by atoms with Crippen molar-refractivity contribution in [1.29, 1.82) is 0 Å². The molecular formula is C25H25BrN2O3. The van der Waals surface area contributed by atoms with E-state index in [0.29, 0.717) is 11.6 Å². The molecule has 1 heterocycles. The molecule has 3 fully saturated rings. The van der Waals surface area contributed by atoms with Crippen molar-refractivity contribution in [2.45, 2.75) is 32.6 Å². The van der Waals surface area contributed by atoms with Crippen LogP contribution in [-0.2, 0) is 14.4 Å². The summed E-state index contributed by atoms with van der Waals surface area (Å²) in [6, 6.07) is 14.0. The number of carbonyl (C=O) groups excluding carboxylic acids is 3. The van der Waals surface area contributed by atoms with Gasteiger partial charge in [0.2, 0.25) is 17.7 Å². The van der Waals surface area contributed by atoms with E-state index in [-0.39, 0.29) is 47.9 Å². The van der Waals surface area contributed by atoms with Gasteiger partial charge in [-0.15, -0.1) is 0 Å². The van der Waals surface area contributed by atoms with Gasteiger partial charge in [-0.25, -0.2) is 0 Å². The van der Waals surface area contributed by atoms with Crippen LogP contribution in [0.25, 0.3) is 0 Å². The first-order chi connectivity index (χ1) is 14.9. The molecule has 5 nitrogen and oxygen atoms in total. The third-order valence-electron chi connectivity index (χ3n) is 7.63. The summed E-state index contributed by atoms with van der Waals surface area (Å²) in [6.07, 6.45) is 1.88. The molecule has 1 N–H and O–H groups in total. The van der Waals surface area contributed by atoms with E-state index >= 15 is 0 Å². The van der Waals surface area contributed by atoms with Crippen molar-refractivity contribution in [1.82, 2.24) is 4.90 Å². The number of fused-ring (bicyclic) bond motifs is 5. The Morgan fingerprint density at radius 1 is 1.00 bits per heavy atom. The van der Waals surface area contributed by atoms with Gasteiger partial charge in [0.05, 0.1) is 11.8 Å². The highest BCUT2D eigenvalue weighted by atomic mass is 79.9. The number of hydrogen-bond donors (Lipinski definition) is 1. The Bertz CT molecular complexity index is 1080. The van der Waals surface area contributed by atoms with Crippen LogP contribution in [-0.4, -0.2) is 29.2 Å². The van der Waals surface area contributed by atoms with Gasteiger partial charge in [-0.2, -0.15) is 0 Å². The molecule has 5 rings (SSSR count). The Morgan fingerprint density at radius 3 is 2.45 bits per heavy atom. The first-order valence-electron chi connectivity index (χ1n) is 10.8. The van der Waals surface area contributed by atoms with Gasteiger partial charge in [0.15, 0.2) is 0 Å². The smallest absolute Gasteiger partial charge is 0.244 e. The normalized spacial score (nSPS) is 28.9. The molecule has 2 aromatic carbocycles. The Morgan fingerprint density at radius 2 is 1.71 bits per heavy atom. The number of likely N-dealkylation sites (tertiary alicyclic amines) is 1. The first-order valence-corrected chi connectivity index (χ1v) is 11.6. The van der Waals surface area contributed by atoms with Gasteiger partial charge >= 0.3 is 0 Å². The molecule has 0 spiro atoms. The van der Waals surface area contributed by atoms with Crippen LogP contribution >= 0.6 is 15.9 Å².